The number of nitrogens with zero attached hydrogens (tertiary/aromatic N) is 4. The number of pyridine rings is 1. The van der Waals surface area contributed by atoms with Crippen molar-refractivity contribution >= 4 is 17.2 Å². The van der Waals surface area contributed by atoms with E-state index in [4.69, 9.17) is 0 Å². The van der Waals surface area contributed by atoms with E-state index in [0.717, 1.165) is 23.8 Å². The van der Waals surface area contributed by atoms with Gasteiger partial charge in [0.25, 0.3) is 5.43 Å². The minimum Gasteiger partial charge on any atom is -0.292 e. The Labute approximate surface area is 106 Å². The van der Waals surface area contributed by atoms with Crippen LogP contribution in [0.4, 0.5) is 5.69 Å². The Balaban J connectivity index is 2.47. The van der Waals surface area contributed by atoms with Crippen LogP contribution in [0.25, 0.3) is 5.13 Å². The maximum atomic E-state index is 11.3. The van der Waals surface area contributed by atoms with Gasteiger partial charge in [0.1, 0.15) is 5.82 Å². The normalized spacial score (nSPS) is 10.8. The highest BCUT2D eigenvalue weighted by Crippen LogP contribution is 2.17. The summed E-state index contributed by atoms with van der Waals surface area (Å²) >= 11 is 1.13. The molecule has 0 saturated carbocycles. The summed E-state index contributed by atoms with van der Waals surface area (Å²) in [7, 11) is 0. The van der Waals surface area contributed by atoms with Crippen LogP contribution in [0.1, 0.15) is 25.6 Å². The van der Waals surface area contributed by atoms with E-state index in [9.17, 15) is 14.9 Å². The van der Waals surface area contributed by atoms with Gasteiger partial charge in [0, 0.05) is 29.7 Å². The Morgan fingerprint density at radius 2 is 2.22 bits per heavy atom. The van der Waals surface area contributed by atoms with E-state index in [1.54, 1.807) is 0 Å². The van der Waals surface area contributed by atoms with Crippen LogP contribution in [-0.4, -0.2) is 18.8 Å². The Morgan fingerprint density at radius 3 is 2.78 bits per heavy atom. The lowest BCUT2D eigenvalue weighted by atomic mass is 10.2. The van der Waals surface area contributed by atoms with E-state index < -0.39 is 16.0 Å². The third kappa shape index (κ3) is 2.28. The van der Waals surface area contributed by atoms with E-state index >= 15 is 0 Å². The Hall–Kier alpha value is -2.09. The summed E-state index contributed by atoms with van der Waals surface area (Å²) in [5.41, 5.74) is -1.09. The van der Waals surface area contributed by atoms with Gasteiger partial charge in [0.2, 0.25) is 5.13 Å². The second-order valence-corrected chi connectivity index (χ2v) is 4.68. The van der Waals surface area contributed by atoms with E-state index in [2.05, 4.69) is 9.36 Å². The first-order valence-corrected chi connectivity index (χ1v) is 5.97. The quantitative estimate of drug-likeness (QED) is 0.623. The summed E-state index contributed by atoms with van der Waals surface area (Å²) in [5.74, 6) is 0.862. The summed E-state index contributed by atoms with van der Waals surface area (Å²) in [6, 6.07) is 1.15. The van der Waals surface area contributed by atoms with Gasteiger partial charge in [-0.25, -0.2) is 4.98 Å². The van der Waals surface area contributed by atoms with Crippen LogP contribution in [0.5, 0.6) is 0 Å². The fourth-order valence-corrected chi connectivity index (χ4v) is 2.06. The SMILES string of the molecule is CC(C)c1nsc(-n2ccc(=O)c([N+](=O)[O-])c2)n1. The monoisotopic (exact) mass is 266 g/mol. The van der Waals surface area contributed by atoms with Crippen molar-refractivity contribution in [3.8, 4) is 5.13 Å². The van der Waals surface area contributed by atoms with Crippen molar-refractivity contribution in [3.63, 3.8) is 0 Å². The van der Waals surface area contributed by atoms with Crippen molar-refractivity contribution in [1.29, 1.82) is 0 Å². The maximum Gasteiger partial charge on any atom is 0.332 e. The fraction of sp³-hybridized carbons (Fsp3) is 0.300. The zero-order valence-corrected chi connectivity index (χ0v) is 10.5. The molecule has 0 spiro atoms. The van der Waals surface area contributed by atoms with Gasteiger partial charge in [-0.15, -0.1) is 0 Å². The number of hydrogen-bond acceptors (Lipinski definition) is 6. The molecule has 0 aliphatic carbocycles. The largest absolute Gasteiger partial charge is 0.332 e. The van der Waals surface area contributed by atoms with Crippen molar-refractivity contribution in [2.75, 3.05) is 0 Å². The fourth-order valence-electron chi connectivity index (χ4n) is 1.29. The average molecular weight is 266 g/mol. The first-order valence-electron chi connectivity index (χ1n) is 5.19. The molecule has 0 bridgehead atoms. The van der Waals surface area contributed by atoms with Crippen LogP contribution in [0.2, 0.25) is 0 Å². The van der Waals surface area contributed by atoms with E-state index in [1.165, 1.54) is 10.8 Å². The lowest BCUT2D eigenvalue weighted by Gasteiger charge is -2.00. The van der Waals surface area contributed by atoms with E-state index in [-0.39, 0.29) is 5.92 Å². The van der Waals surface area contributed by atoms with Crippen LogP contribution in [0, 0.1) is 10.1 Å². The molecule has 2 aromatic heterocycles. The third-order valence-electron chi connectivity index (χ3n) is 2.27. The smallest absolute Gasteiger partial charge is 0.292 e. The van der Waals surface area contributed by atoms with Gasteiger partial charge >= 0.3 is 5.69 Å². The predicted molar refractivity (Wildman–Crippen MR) is 66.2 cm³/mol. The predicted octanol–water partition coefficient (Wildman–Crippen LogP) is 1.72. The second kappa shape index (κ2) is 4.65. The molecule has 7 nitrogen and oxygen atoms in total. The second-order valence-electron chi connectivity index (χ2n) is 3.95. The molecule has 8 heteroatoms. The average Bonchev–Trinajstić information content (AvgIpc) is 2.78. The first kappa shape index (κ1) is 12.4. The molecule has 0 saturated heterocycles. The number of rotatable bonds is 3. The van der Waals surface area contributed by atoms with Crippen LogP contribution in [-0.2, 0) is 0 Å². The van der Waals surface area contributed by atoms with E-state index in [1.807, 2.05) is 13.8 Å². The number of aromatic nitrogens is 3. The van der Waals surface area contributed by atoms with Gasteiger partial charge in [-0.3, -0.25) is 19.5 Å². The zero-order chi connectivity index (χ0) is 13.3. The van der Waals surface area contributed by atoms with E-state index in [0.29, 0.717) is 11.0 Å². The highest BCUT2D eigenvalue weighted by atomic mass is 32.1. The van der Waals surface area contributed by atoms with Gasteiger partial charge in [0.05, 0.1) is 11.1 Å². The third-order valence-corrected chi connectivity index (χ3v) is 3.01. The van der Waals surface area contributed by atoms with Crippen LogP contribution < -0.4 is 5.43 Å². The lowest BCUT2D eigenvalue weighted by molar-refractivity contribution is -0.386. The first-order chi connectivity index (χ1) is 8.49. The molecule has 0 radical (unpaired) electrons. The molecule has 0 unspecified atom stereocenters. The minimum absolute atomic E-state index is 0.185. The number of nitro groups is 1. The zero-order valence-electron chi connectivity index (χ0n) is 9.73. The molecule has 0 N–H and O–H groups in total. The van der Waals surface area contributed by atoms with Gasteiger partial charge in [0.15, 0.2) is 0 Å². The summed E-state index contributed by atoms with van der Waals surface area (Å²) in [5, 5.41) is 11.2. The summed E-state index contributed by atoms with van der Waals surface area (Å²) in [6.45, 7) is 3.92. The van der Waals surface area contributed by atoms with Crippen LogP contribution >= 0.6 is 11.5 Å². The number of hydrogen-bond donors (Lipinski definition) is 0. The molecule has 0 atom stereocenters. The van der Waals surface area contributed by atoms with Crippen molar-refractivity contribution in [3.05, 3.63) is 44.6 Å². The molecule has 0 fully saturated rings. The van der Waals surface area contributed by atoms with Crippen molar-refractivity contribution in [1.82, 2.24) is 13.9 Å². The van der Waals surface area contributed by atoms with Crippen LogP contribution in [0.3, 0.4) is 0 Å². The van der Waals surface area contributed by atoms with Crippen molar-refractivity contribution in [2.24, 2.45) is 0 Å². The van der Waals surface area contributed by atoms with Crippen molar-refractivity contribution in [2.45, 2.75) is 19.8 Å². The van der Waals surface area contributed by atoms with Gasteiger partial charge in [-0.05, 0) is 0 Å². The molecule has 0 amide bonds. The lowest BCUT2D eigenvalue weighted by Crippen LogP contribution is -2.09. The Bertz CT molecular complexity index is 647. The van der Waals surface area contributed by atoms with Gasteiger partial charge < -0.3 is 0 Å². The van der Waals surface area contributed by atoms with Crippen LogP contribution in [0.15, 0.2) is 23.3 Å². The Morgan fingerprint density at radius 1 is 1.50 bits per heavy atom. The molecule has 2 rings (SSSR count). The summed E-state index contributed by atoms with van der Waals surface area (Å²) in [4.78, 5) is 25.5. The molecule has 0 aliphatic heterocycles. The molecule has 2 heterocycles. The minimum atomic E-state index is -0.705. The molecular weight excluding hydrogens is 256 g/mol. The Kier molecular flexibility index (Phi) is 3.19. The molecule has 94 valence electrons. The van der Waals surface area contributed by atoms with Gasteiger partial charge in [-0.1, -0.05) is 13.8 Å². The highest BCUT2D eigenvalue weighted by molar-refractivity contribution is 7.08. The topological polar surface area (TPSA) is 90.9 Å². The molecule has 18 heavy (non-hydrogen) atoms. The van der Waals surface area contributed by atoms with Gasteiger partial charge in [-0.2, -0.15) is 4.37 Å². The summed E-state index contributed by atoms with van der Waals surface area (Å²) in [6.07, 6.45) is 2.60. The van der Waals surface area contributed by atoms with Crippen molar-refractivity contribution < 1.29 is 4.92 Å². The highest BCUT2D eigenvalue weighted by Gasteiger charge is 2.14. The molecule has 0 aliphatic rings. The summed E-state index contributed by atoms with van der Waals surface area (Å²) < 4.78 is 5.58. The molecule has 2 aromatic rings. The maximum absolute atomic E-state index is 11.3. The molecule has 0 aromatic carbocycles. The standard InChI is InChI=1S/C10H10N4O3S/c1-6(2)9-11-10(18-12-9)13-4-3-8(15)7(5-13)14(16)17/h3-6H,1-2H3. The molecular formula is C10H10N4O3S.